The lowest BCUT2D eigenvalue weighted by Crippen LogP contribution is -1.93. The topological polar surface area (TPSA) is 39.4 Å². The van der Waals surface area contributed by atoms with Gasteiger partial charge in [-0.05, 0) is 30.7 Å². The molecule has 3 heteroatoms. The Morgan fingerprint density at radius 3 is 2.82 bits per heavy atom. The van der Waals surface area contributed by atoms with Gasteiger partial charge in [0, 0.05) is 11.8 Å². The van der Waals surface area contributed by atoms with Gasteiger partial charge >= 0.3 is 0 Å². The van der Waals surface area contributed by atoms with Gasteiger partial charge in [-0.2, -0.15) is 0 Å². The molecule has 0 radical (unpaired) electrons. The maximum atomic E-state index is 11.5. The second-order valence-corrected chi connectivity index (χ2v) is 3.94. The summed E-state index contributed by atoms with van der Waals surface area (Å²) in [6.07, 6.45) is 1.43. The summed E-state index contributed by atoms with van der Waals surface area (Å²) in [6, 6.07) is 7.38. The molecule has 0 saturated carbocycles. The Kier molecular flexibility index (Phi) is 3.47. The Morgan fingerprint density at radius 1 is 1.29 bits per heavy atom. The van der Waals surface area contributed by atoms with Gasteiger partial charge < -0.3 is 9.15 Å². The van der Waals surface area contributed by atoms with E-state index in [9.17, 15) is 4.79 Å². The lowest BCUT2D eigenvalue weighted by atomic mass is 10.2. The number of hydrogen-bond donors (Lipinski definition) is 0. The molecule has 0 aliphatic heterocycles. The molecule has 17 heavy (non-hydrogen) atoms. The van der Waals surface area contributed by atoms with Gasteiger partial charge in [0.1, 0.15) is 11.3 Å². The van der Waals surface area contributed by atoms with E-state index in [2.05, 4.69) is 6.92 Å². The number of Topliss-reactive ketones (excluding diaryl/α,β-unsaturated/α-hetero) is 1. The molecule has 3 nitrogen and oxygen atoms in total. The third-order valence-electron chi connectivity index (χ3n) is 2.56. The van der Waals surface area contributed by atoms with Crippen molar-refractivity contribution in [3.8, 4) is 5.75 Å². The maximum absolute atomic E-state index is 11.5. The molecule has 90 valence electrons. The van der Waals surface area contributed by atoms with E-state index >= 15 is 0 Å². The minimum Gasteiger partial charge on any atom is -0.494 e. The average Bonchev–Trinajstić information content (AvgIpc) is 2.78. The Bertz CT molecular complexity index is 525. The smallest absolute Gasteiger partial charge is 0.197 e. The Labute approximate surface area is 100 Å². The van der Waals surface area contributed by atoms with Gasteiger partial charge in [-0.3, -0.25) is 4.79 Å². The Hall–Kier alpha value is -1.77. The number of carbonyl (C=O) groups excluding carboxylic acids is 1. The van der Waals surface area contributed by atoms with Crippen LogP contribution < -0.4 is 4.74 Å². The fourth-order valence-electron chi connectivity index (χ4n) is 1.64. The summed E-state index contributed by atoms with van der Waals surface area (Å²) in [5, 5.41) is 0.912. The van der Waals surface area contributed by atoms with E-state index in [1.807, 2.05) is 25.1 Å². The van der Waals surface area contributed by atoms with E-state index in [1.54, 1.807) is 6.07 Å². The van der Waals surface area contributed by atoms with Gasteiger partial charge in [0.15, 0.2) is 11.5 Å². The second-order valence-electron chi connectivity index (χ2n) is 3.94. The van der Waals surface area contributed by atoms with Crippen LogP contribution >= 0.6 is 0 Å². The summed E-state index contributed by atoms with van der Waals surface area (Å²) in [4.78, 5) is 11.5. The molecular formula is C14H16O3. The zero-order valence-electron chi connectivity index (χ0n) is 10.2. The predicted octanol–water partition coefficient (Wildman–Crippen LogP) is 3.81. The first-order valence-electron chi connectivity index (χ1n) is 5.94. The van der Waals surface area contributed by atoms with Gasteiger partial charge in [0.25, 0.3) is 0 Å². The quantitative estimate of drug-likeness (QED) is 0.736. The molecular weight excluding hydrogens is 216 g/mol. The molecule has 0 aliphatic rings. The van der Waals surface area contributed by atoms with Crippen molar-refractivity contribution in [3.63, 3.8) is 0 Å². The molecule has 1 aromatic heterocycles. The standard InChI is InChI=1S/C14H16O3/c1-3-7-16-11-5-6-13-10(8-11)9-14(17-13)12(15)4-2/h5-6,8-9H,3-4,7H2,1-2H3. The number of rotatable bonds is 5. The van der Waals surface area contributed by atoms with Crippen LogP contribution in [0.3, 0.4) is 0 Å². The summed E-state index contributed by atoms with van der Waals surface area (Å²) in [7, 11) is 0. The molecule has 0 spiro atoms. The lowest BCUT2D eigenvalue weighted by Gasteiger charge is -2.02. The molecule has 2 rings (SSSR count). The molecule has 0 amide bonds. The molecule has 0 aliphatic carbocycles. The summed E-state index contributed by atoms with van der Waals surface area (Å²) in [6.45, 7) is 4.59. The van der Waals surface area contributed by atoms with Crippen LogP contribution in [0.2, 0.25) is 0 Å². The number of fused-ring (bicyclic) bond motifs is 1. The average molecular weight is 232 g/mol. The van der Waals surface area contributed by atoms with Crippen molar-refractivity contribution in [1.82, 2.24) is 0 Å². The fourth-order valence-corrected chi connectivity index (χ4v) is 1.64. The van der Waals surface area contributed by atoms with E-state index in [-0.39, 0.29) is 5.78 Å². The minimum absolute atomic E-state index is 0.0252. The zero-order valence-corrected chi connectivity index (χ0v) is 10.2. The van der Waals surface area contributed by atoms with Crippen LogP contribution in [0, 0.1) is 0 Å². The van der Waals surface area contributed by atoms with E-state index in [4.69, 9.17) is 9.15 Å². The van der Waals surface area contributed by atoms with E-state index in [0.717, 1.165) is 23.1 Å². The van der Waals surface area contributed by atoms with Crippen molar-refractivity contribution in [1.29, 1.82) is 0 Å². The number of ketones is 1. The molecule has 1 aromatic carbocycles. The van der Waals surface area contributed by atoms with Crippen LogP contribution in [0.25, 0.3) is 11.0 Å². The largest absolute Gasteiger partial charge is 0.494 e. The van der Waals surface area contributed by atoms with Crippen LogP contribution in [0.1, 0.15) is 37.2 Å². The van der Waals surface area contributed by atoms with Gasteiger partial charge in [0.2, 0.25) is 0 Å². The molecule has 0 fully saturated rings. The first-order valence-corrected chi connectivity index (χ1v) is 5.94. The molecule has 2 aromatic rings. The Morgan fingerprint density at radius 2 is 2.12 bits per heavy atom. The summed E-state index contributed by atoms with van der Waals surface area (Å²) < 4.78 is 11.0. The van der Waals surface area contributed by atoms with Gasteiger partial charge in [-0.1, -0.05) is 13.8 Å². The van der Waals surface area contributed by atoms with Gasteiger partial charge in [0.05, 0.1) is 6.61 Å². The van der Waals surface area contributed by atoms with Crippen LogP contribution in [0.4, 0.5) is 0 Å². The third kappa shape index (κ3) is 2.49. The van der Waals surface area contributed by atoms with E-state index in [0.29, 0.717) is 18.8 Å². The zero-order chi connectivity index (χ0) is 12.3. The van der Waals surface area contributed by atoms with Crippen molar-refractivity contribution < 1.29 is 13.9 Å². The van der Waals surface area contributed by atoms with Gasteiger partial charge in [-0.25, -0.2) is 0 Å². The van der Waals surface area contributed by atoms with Gasteiger partial charge in [-0.15, -0.1) is 0 Å². The molecule has 0 bridgehead atoms. The number of ether oxygens (including phenoxy) is 1. The first-order chi connectivity index (χ1) is 8.24. The van der Waals surface area contributed by atoms with Crippen molar-refractivity contribution in [2.75, 3.05) is 6.61 Å². The SMILES string of the molecule is CCCOc1ccc2oc(C(=O)CC)cc2c1. The summed E-state index contributed by atoms with van der Waals surface area (Å²) in [5.41, 5.74) is 0.727. The highest BCUT2D eigenvalue weighted by Crippen LogP contribution is 2.25. The van der Waals surface area contributed by atoms with Crippen LogP contribution in [-0.4, -0.2) is 12.4 Å². The minimum atomic E-state index is 0.0252. The number of benzene rings is 1. The molecule has 0 unspecified atom stereocenters. The third-order valence-corrected chi connectivity index (χ3v) is 2.56. The van der Waals surface area contributed by atoms with Crippen LogP contribution in [0.5, 0.6) is 5.75 Å². The predicted molar refractivity (Wildman–Crippen MR) is 66.6 cm³/mol. The number of furan rings is 1. The molecule has 1 heterocycles. The molecule has 0 atom stereocenters. The second kappa shape index (κ2) is 5.04. The van der Waals surface area contributed by atoms with E-state index in [1.165, 1.54) is 0 Å². The summed E-state index contributed by atoms with van der Waals surface area (Å²) >= 11 is 0. The highest BCUT2D eigenvalue weighted by Gasteiger charge is 2.10. The molecule has 0 saturated heterocycles. The van der Waals surface area contributed by atoms with Crippen LogP contribution in [0.15, 0.2) is 28.7 Å². The lowest BCUT2D eigenvalue weighted by molar-refractivity contribution is 0.0963. The number of hydrogen-bond acceptors (Lipinski definition) is 3. The highest BCUT2D eigenvalue weighted by molar-refractivity contribution is 5.97. The van der Waals surface area contributed by atoms with E-state index < -0.39 is 0 Å². The summed E-state index contributed by atoms with van der Waals surface area (Å²) in [5.74, 6) is 1.27. The van der Waals surface area contributed by atoms with Crippen molar-refractivity contribution >= 4 is 16.8 Å². The van der Waals surface area contributed by atoms with Crippen molar-refractivity contribution in [3.05, 3.63) is 30.0 Å². The number of carbonyl (C=O) groups is 1. The highest BCUT2D eigenvalue weighted by atomic mass is 16.5. The van der Waals surface area contributed by atoms with Crippen molar-refractivity contribution in [2.45, 2.75) is 26.7 Å². The molecule has 0 N–H and O–H groups in total. The normalized spacial score (nSPS) is 10.7. The fraction of sp³-hybridized carbons (Fsp3) is 0.357. The maximum Gasteiger partial charge on any atom is 0.197 e. The Balaban J connectivity index is 2.31. The van der Waals surface area contributed by atoms with Crippen molar-refractivity contribution in [2.24, 2.45) is 0 Å². The van der Waals surface area contributed by atoms with Crippen LogP contribution in [-0.2, 0) is 0 Å². The monoisotopic (exact) mass is 232 g/mol. The first kappa shape index (κ1) is 11.7.